The third-order valence-corrected chi connectivity index (χ3v) is 4.25. The summed E-state index contributed by atoms with van der Waals surface area (Å²) in [7, 11) is 0. The van der Waals surface area contributed by atoms with Crippen molar-refractivity contribution in [3.8, 4) is 0 Å². The van der Waals surface area contributed by atoms with Crippen LogP contribution in [0.15, 0.2) is 0 Å². The smallest absolute Gasteiger partial charge is 0.227 e. The second-order valence-electron chi connectivity index (χ2n) is 7.22. The van der Waals surface area contributed by atoms with Gasteiger partial charge in [0.1, 0.15) is 0 Å². The first-order valence-electron chi connectivity index (χ1n) is 8.06. The van der Waals surface area contributed by atoms with E-state index in [1.165, 1.54) is 0 Å². The van der Waals surface area contributed by atoms with E-state index in [4.69, 9.17) is 4.74 Å². The molecule has 0 spiro atoms. The van der Waals surface area contributed by atoms with Crippen molar-refractivity contribution < 1.29 is 14.3 Å². The summed E-state index contributed by atoms with van der Waals surface area (Å²) in [6.07, 6.45) is 4.05. The zero-order valence-corrected chi connectivity index (χ0v) is 13.5. The van der Waals surface area contributed by atoms with Crippen molar-refractivity contribution in [1.29, 1.82) is 0 Å². The van der Waals surface area contributed by atoms with Crippen LogP contribution in [0.2, 0.25) is 0 Å². The van der Waals surface area contributed by atoms with Gasteiger partial charge in [0.15, 0.2) is 0 Å². The van der Waals surface area contributed by atoms with Crippen LogP contribution in [0.3, 0.4) is 0 Å². The quantitative estimate of drug-likeness (QED) is 0.860. The Hall–Kier alpha value is -1.10. The molecule has 2 atom stereocenters. The Balaban J connectivity index is 1.82. The van der Waals surface area contributed by atoms with Gasteiger partial charge in [-0.3, -0.25) is 9.59 Å². The largest absolute Gasteiger partial charge is 0.376 e. The van der Waals surface area contributed by atoms with Gasteiger partial charge in [-0.15, -0.1) is 0 Å². The van der Waals surface area contributed by atoms with Gasteiger partial charge in [-0.1, -0.05) is 20.8 Å². The summed E-state index contributed by atoms with van der Waals surface area (Å²) in [6.45, 7) is 8.50. The van der Waals surface area contributed by atoms with Crippen LogP contribution < -0.4 is 5.32 Å². The third-order valence-electron chi connectivity index (χ3n) is 4.25. The SMILES string of the molecule is CC(C)(C)C(=O)N1CCC[C@@H](C(=O)NC[C@@H]2CCCO2)C1. The summed E-state index contributed by atoms with van der Waals surface area (Å²) in [5, 5.41) is 2.99. The van der Waals surface area contributed by atoms with Gasteiger partial charge in [-0.25, -0.2) is 0 Å². The van der Waals surface area contributed by atoms with Gasteiger partial charge in [0.2, 0.25) is 11.8 Å². The van der Waals surface area contributed by atoms with Crippen LogP contribution in [0.4, 0.5) is 0 Å². The van der Waals surface area contributed by atoms with E-state index in [9.17, 15) is 9.59 Å². The van der Waals surface area contributed by atoms with E-state index >= 15 is 0 Å². The molecule has 2 saturated heterocycles. The lowest BCUT2D eigenvalue weighted by atomic mass is 9.91. The number of nitrogens with one attached hydrogen (secondary N) is 1. The molecule has 2 fully saturated rings. The van der Waals surface area contributed by atoms with Gasteiger partial charge in [0.25, 0.3) is 0 Å². The van der Waals surface area contributed by atoms with Crippen molar-refractivity contribution in [3.05, 3.63) is 0 Å². The number of amides is 2. The van der Waals surface area contributed by atoms with E-state index in [2.05, 4.69) is 5.32 Å². The molecule has 0 aromatic carbocycles. The number of carbonyl (C=O) groups is 2. The standard InChI is InChI=1S/C16H28N2O3/c1-16(2,3)15(20)18-8-4-6-12(11-18)14(19)17-10-13-7-5-9-21-13/h12-13H,4-11H2,1-3H3,(H,17,19)/t12-,13+/m1/s1. The Kier molecular flexibility index (Phi) is 5.25. The van der Waals surface area contributed by atoms with Crippen molar-refractivity contribution in [2.75, 3.05) is 26.2 Å². The van der Waals surface area contributed by atoms with E-state index in [1.807, 2.05) is 25.7 Å². The average molecular weight is 296 g/mol. The minimum Gasteiger partial charge on any atom is -0.376 e. The fraction of sp³-hybridized carbons (Fsp3) is 0.875. The van der Waals surface area contributed by atoms with Gasteiger partial charge >= 0.3 is 0 Å². The first-order chi connectivity index (χ1) is 9.88. The van der Waals surface area contributed by atoms with Crippen LogP contribution >= 0.6 is 0 Å². The lowest BCUT2D eigenvalue weighted by Crippen LogP contribution is -2.49. The van der Waals surface area contributed by atoms with Crippen LogP contribution in [0.1, 0.15) is 46.5 Å². The summed E-state index contributed by atoms with van der Waals surface area (Å²) in [6, 6.07) is 0. The predicted molar refractivity (Wildman–Crippen MR) is 80.7 cm³/mol. The van der Waals surface area contributed by atoms with Crippen LogP contribution in [0, 0.1) is 11.3 Å². The minimum atomic E-state index is -0.379. The van der Waals surface area contributed by atoms with E-state index in [-0.39, 0.29) is 29.3 Å². The molecule has 0 radical (unpaired) electrons. The summed E-state index contributed by atoms with van der Waals surface area (Å²) in [4.78, 5) is 26.4. The molecule has 1 N–H and O–H groups in total. The fourth-order valence-electron chi connectivity index (χ4n) is 3.01. The zero-order chi connectivity index (χ0) is 15.5. The molecular formula is C16H28N2O3. The molecule has 2 aliphatic rings. The van der Waals surface area contributed by atoms with Crippen LogP contribution in [-0.4, -0.2) is 49.1 Å². The van der Waals surface area contributed by atoms with Gasteiger partial charge in [-0.05, 0) is 25.7 Å². The van der Waals surface area contributed by atoms with Crippen molar-refractivity contribution >= 4 is 11.8 Å². The Morgan fingerprint density at radius 1 is 1.24 bits per heavy atom. The molecule has 120 valence electrons. The molecular weight excluding hydrogens is 268 g/mol. The monoisotopic (exact) mass is 296 g/mol. The number of rotatable bonds is 3. The highest BCUT2D eigenvalue weighted by Crippen LogP contribution is 2.23. The second kappa shape index (κ2) is 6.77. The molecule has 2 aliphatic heterocycles. The normalized spacial score (nSPS) is 26.7. The molecule has 0 saturated carbocycles. The van der Waals surface area contributed by atoms with Gasteiger partial charge in [0, 0.05) is 31.7 Å². The summed E-state index contributed by atoms with van der Waals surface area (Å²) in [5.74, 6) is 0.127. The van der Waals surface area contributed by atoms with Gasteiger partial charge in [-0.2, -0.15) is 0 Å². The molecule has 0 aromatic heterocycles. The summed E-state index contributed by atoms with van der Waals surface area (Å²) in [5.41, 5.74) is -0.379. The van der Waals surface area contributed by atoms with Crippen LogP contribution in [0.5, 0.6) is 0 Å². The highest BCUT2D eigenvalue weighted by molar-refractivity contribution is 5.83. The molecule has 0 aromatic rings. The predicted octanol–water partition coefficient (Wildman–Crippen LogP) is 1.57. The number of likely N-dealkylation sites (tertiary alicyclic amines) is 1. The Bertz CT molecular complexity index is 383. The van der Waals surface area contributed by atoms with E-state index in [0.29, 0.717) is 13.1 Å². The number of ether oxygens (including phenoxy) is 1. The van der Waals surface area contributed by atoms with Gasteiger partial charge < -0.3 is 15.0 Å². The maximum atomic E-state index is 12.3. The van der Waals surface area contributed by atoms with Crippen LogP contribution in [0.25, 0.3) is 0 Å². The highest BCUT2D eigenvalue weighted by atomic mass is 16.5. The topological polar surface area (TPSA) is 58.6 Å². The number of piperidine rings is 1. The number of nitrogens with zero attached hydrogens (tertiary/aromatic N) is 1. The molecule has 0 bridgehead atoms. The Labute approximate surface area is 127 Å². The fourth-order valence-corrected chi connectivity index (χ4v) is 3.01. The van der Waals surface area contributed by atoms with Crippen molar-refractivity contribution in [2.45, 2.75) is 52.6 Å². The maximum absolute atomic E-state index is 12.3. The van der Waals surface area contributed by atoms with Crippen molar-refractivity contribution in [1.82, 2.24) is 10.2 Å². The van der Waals surface area contributed by atoms with E-state index < -0.39 is 0 Å². The summed E-state index contributed by atoms with van der Waals surface area (Å²) >= 11 is 0. The van der Waals surface area contributed by atoms with Crippen molar-refractivity contribution in [2.24, 2.45) is 11.3 Å². The molecule has 21 heavy (non-hydrogen) atoms. The molecule has 0 aliphatic carbocycles. The van der Waals surface area contributed by atoms with Crippen molar-refractivity contribution in [3.63, 3.8) is 0 Å². The highest BCUT2D eigenvalue weighted by Gasteiger charge is 2.33. The lowest BCUT2D eigenvalue weighted by molar-refractivity contribution is -0.142. The third kappa shape index (κ3) is 4.43. The zero-order valence-electron chi connectivity index (χ0n) is 13.5. The lowest BCUT2D eigenvalue weighted by Gasteiger charge is -2.36. The first-order valence-corrected chi connectivity index (χ1v) is 8.06. The number of hydrogen-bond acceptors (Lipinski definition) is 3. The van der Waals surface area contributed by atoms with E-state index in [1.54, 1.807) is 0 Å². The average Bonchev–Trinajstić information content (AvgIpc) is 2.96. The second-order valence-corrected chi connectivity index (χ2v) is 7.22. The van der Waals surface area contributed by atoms with E-state index in [0.717, 1.165) is 38.8 Å². The first kappa shape index (κ1) is 16.3. The number of hydrogen-bond donors (Lipinski definition) is 1. The molecule has 2 heterocycles. The Morgan fingerprint density at radius 3 is 2.62 bits per heavy atom. The molecule has 2 amide bonds. The molecule has 5 heteroatoms. The number of carbonyl (C=O) groups excluding carboxylic acids is 2. The van der Waals surface area contributed by atoms with Crippen LogP contribution in [-0.2, 0) is 14.3 Å². The van der Waals surface area contributed by atoms with Gasteiger partial charge in [0.05, 0.1) is 12.0 Å². The summed E-state index contributed by atoms with van der Waals surface area (Å²) < 4.78 is 5.52. The minimum absolute atomic E-state index is 0.0666. The maximum Gasteiger partial charge on any atom is 0.227 e. The Morgan fingerprint density at radius 2 is 2.00 bits per heavy atom. The molecule has 5 nitrogen and oxygen atoms in total. The molecule has 0 unspecified atom stereocenters. The molecule has 2 rings (SSSR count).